The molecule has 1 saturated heterocycles. The minimum absolute atomic E-state index is 0.0371. The van der Waals surface area contributed by atoms with Gasteiger partial charge in [-0.2, -0.15) is 0 Å². The molecule has 3 aromatic carbocycles. The van der Waals surface area contributed by atoms with Crippen molar-refractivity contribution in [2.24, 2.45) is 5.92 Å². The number of rotatable bonds is 20. The van der Waals surface area contributed by atoms with Crippen molar-refractivity contribution in [1.29, 1.82) is 0 Å². The first-order valence-corrected chi connectivity index (χ1v) is 19.0. The van der Waals surface area contributed by atoms with Gasteiger partial charge in [-0.05, 0) is 67.5 Å². The van der Waals surface area contributed by atoms with Crippen molar-refractivity contribution >= 4 is 12.0 Å². The van der Waals surface area contributed by atoms with E-state index in [2.05, 4.69) is 15.5 Å². The largest absolute Gasteiger partial charge is 0.492 e. The Morgan fingerprint density at radius 1 is 0.926 bits per heavy atom. The smallest absolute Gasteiger partial charge is 0.408 e. The Kier molecular flexibility index (Phi) is 15.7. The lowest BCUT2D eigenvalue weighted by Crippen LogP contribution is -2.49. The van der Waals surface area contributed by atoms with Crippen molar-refractivity contribution in [3.8, 4) is 5.75 Å². The van der Waals surface area contributed by atoms with Crippen LogP contribution in [0.4, 0.5) is 4.79 Å². The van der Waals surface area contributed by atoms with Crippen molar-refractivity contribution in [2.45, 2.75) is 69.4 Å². The van der Waals surface area contributed by atoms with Crippen molar-refractivity contribution in [3.63, 3.8) is 0 Å². The summed E-state index contributed by atoms with van der Waals surface area (Å²) in [5.74, 6) is -0.262. The van der Waals surface area contributed by atoms with Crippen molar-refractivity contribution in [3.05, 3.63) is 101 Å². The van der Waals surface area contributed by atoms with Crippen LogP contribution in [0, 0.1) is 5.92 Å². The van der Waals surface area contributed by atoms with Crippen molar-refractivity contribution in [1.82, 2.24) is 15.5 Å². The number of fused-ring (bicyclic) bond motifs is 1. The summed E-state index contributed by atoms with van der Waals surface area (Å²) in [6, 6.07) is 23.6. The van der Waals surface area contributed by atoms with E-state index in [0.717, 1.165) is 60.9 Å². The molecule has 0 saturated carbocycles. The molecule has 54 heavy (non-hydrogen) atoms. The van der Waals surface area contributed by atoms with E-state index in [-0.39, 0.29) is 18.9 Å². The summed E-state index contributed by atoms with van der Waals surface area (Å²) >= 11 is 0. The molecule has 1 fully saturated rings. The Morgan fingerprint density at radius 2 is 1.63 bits per heavy atom. The van der Waals surface area contributed by atoms with Gasteiger partial charge in [-0.15, -0.1) is 0 Å². The number of hydrogen-bond donors (Lipinski definition) is 4. The molecule has 1 aliphatic heterocycles. The number of nitrogens with zero attached hydrogens (tertiary/aromatic N) is 1. The Bertz CT molecular complexity index is 1580. The molecule has 5 atom stereocenters. The third kappa shape index (κ3) is 12.8. The van der Waals surface area contributed by atoms with Crippen LogP contribution in [0.1, 0.15) is 48.6 Å². The zero-order valence-corrected chi connectivity index (χ0v) is 31.8. The number of carbonyl (C=O) groups excluding carboxylic acids is 2. The molecule has 0 aromatic heterocycles. The Hall–Kier alpha value is -4.04. The number of hydrogen-bond acceptors (Lipinski definition) is 10. The summed E-state index contributed by atoms with van der Waals surface area (Å²) in [5, 5.41) is 28.8. The number of nitrogens with one attached hydrogen (secondary N) is 2. The molecule has 2 amide bonds. The minimum Gasteiger partial charge on any atom is -0.492 e. The molecule has 12 heteroatoms. The number of morpholine rings is 1. The third-order valence-electron chi connectivity index (χ3n) is 9.90. The number of ether oxygens (including phenoxy) is 5. The molecule has 0 spiro atoms. The number of aliphatic hydroxyl groups excluding tert-OH is 2. The third-order valence-corrected chi connectivity index (χ3v) is 9.90. The van der Waals surface area contributed by atoms with E-state index in [9.17, 15) is 19.8 Å². The summed E-state index contributed by atoms with van der Waals surface area (Å²) in [7, 11) is 1.59. The van der Waals surface area contributed by atoms with Gasteiger partial charge in [0.2, 0.25) is 5.91 Å². The highest BCUT2D eigenvalue weighted by Gasteiger charge is 2.36. The zero-order chi connectivity index (χ0) is 38.3. The molecular weight excluding hydrogens is 690 g/mol. The van der Waals surface area contributed by atoms with Crippen LogP contribution in [0.2, 0.25) is 0 Å². The van der Waals surface area contributed by atoms with Gasteiger partial charge >= 0.3 is 6.09 Å². The first-order valence-electron chi connectivity index (χ1n) is 19.0. The molecule has 5 rings (SSSR count). The van der Waals surface area contributed by atoms with Gasteiger partial charge in [0.25, 0.3) is 0 Å². The maximum absolute atomic E-state index is 14.2. The van der Waals surface area contributed by atoms with Gasteiger partial charge in [0.15, 0.2) is 0 Å². The summed E-state index contributed by atoms with van der Waals surface area (Å²) in [4.78, 5) is 29.8. The summed E-state index contributed by atoms with van der Waals surface area (Å²) in [6.07, 6.45) is -1.49. The predicted molar refractivity (Wildman–Crippen MR) is 204 cm³/mol. The zero-order valence-electron chi connectivity index (χ0n) is 31.8. The van der Waals surface area contributed by atoms with Gasteiger partial charge < -0.3 is 44.5 Å². The van der Waals surface area contributed by atoms with Gasteiger partial charge in [-0.1, -0.05) is 66.7 Å². The highest BCUT2D eigenvalue weighted by atomic mass is 16.6. The van der Waals surface area contributed by atoms with Crippen LogP contribution in [0.3, 0.4) is 0 Å². The predicted octanol–water partition coefficient (Wildman–Crippen LogP) is 3.86. The molecule has 12 nitrogen and oxygen atoms in total. The van der Waals surface area contributed by atoms with Crippen molar-refractivity contribution < 1.29 is 43.5 Å². The van der Waals surface area contributed by atoms with Gasteiger partial charge in [0.1, 0.15) is 18.0 Å². The lowest BCUT2D eigenvalue weighted by atomic mass is 9.88. The van der Waals surface area contributed by atoms with E-state index in [1.165, 1.54) is 0 Å². The molecule has 0 bridgehead atoms. The molecule has 3 unspecified atom stereocenters. The first kappa shape index (κ1) is 41.1. The molecule has 0 radical (unpaired) electrons. The van der Waals surface area contributed by atoms with Crippen LogP contribution in [-0.2, 0) is 43.0 Å². The first-order chi connectivity index (χ1) is 26.1. The van der Waals surface area contributed by atoms with E-state index >= 15 is 0 Å². The standard InChI is InChI=1S/C42H57N3O9/c1-42(2,29-52-24-23-50-3)54-41(49)43-36(26-30-9-5-4-6-10-30)37(46)28-33(40(48)44-39-35-12-8-7-11-32(35)27-38(39)47)25-31-13-15-34(16-14-31)53-22-19-45-17-20-51-21-18-45/h4-16,33,36-39,46-47H,17-29H2,1-3H3,(H,43,49)(H,44,48)/t33?,36?,37?,38-,39-/m0/s1. The fraction of sp³-hybridized carbons (Fsp3) is 0.524. The van der Waals surface area contributed by atoms with Gasteiger partial charge in [0, 0.05) is 39.1 Å². The van der Waals surface area contributed by atoms with Gasteiger partial charge in [-0.25, -0.2) is 4.79 Å². The van der Waals surface area contributed by atoms with E-state index in [1.807, 2.05) is 78.9 Å². The van der Waals surface area contributed by atoms with E-state index in [0.29, 0.717) is 39.1 Å². The Labute approximate surface area is 319 Å². The normalized spacial score (nSPS) is 19.0. The molecule has 2 aliphatic rings. The van der Waals surface area contributed by atoms with E-state index < -0.39 is 41.9 Å². The monoisotopic (exact) mass is 747 g/mol. The maximum Gasteiger partial charge on any atom is 0.408 e. The number of amides is 2. The van der Waals surface area contributed by atoms with Crippen LogP contribution in [0.25, 0.3) is 0 Å². The van der Waals surface area contributed by atoms with E-state index in [4.69, 9.17) is 23.7 Å². The number of methoxy groups -OCH3 is 1. The fourth-order valence-corrected chi connectivity index (χ4v) is 6.95. The fourth-order valence-electron chi connectivity index (χ4n) is 6.95. The molecule has 3 aromatic rings. The second kappa shape index (κ2) is 20.6. The number of benzene rings is 3. The number of carbonyl (C=O) groups is 2. The summed E-state index contributed by atoms with van der Waals surface area (Å²) < 4.78 is 27.8. The van der Waals surface area contributed by atoms with Crippen LogP contribution >= 0.6 is 0 Å². The quantitative estimate of drug-likeness (QED) is 0.126. The molecule has 294 valence electrons. The van der Waals surface area contributed by atoms with Crippen LogP contribution < -0.4 is 15.4 Å². The minimum atomic E-state index is -1.13. The molecular formula is C42H57N3O9. The second-order valence-electron chi connectivity index (χ2n) is 14.7. The van der Waals surface area contributed by atoms with Crippen LogP contribution in [0.5, 0.6) is 5.75 Å². The topological polar surface area (TPSA) is 148 Å². The Morgan fingerprint density at radius 3 is 2.37 bits per heavy atom. The van der Waals surface area contributed by atoms with Gasteiger partial charge in [0.05, 0.1) is 57.3 Å². The van der Waals surface area contributed by atoms with Crippen molar-refractivity contribution in [2.75, 3.05) is 66.4 Å². The SMILES string of the molecule is COCCOCC(C)(C)OC(=O)NC(Cc1ccccc1)C(O)CC(Cc1ccc(OCCN2CCOCC2)cc1)C(=O)N[C@H]1c2ccccc2C[C@@H]1O. The lowest BCUT2D eigenvalue weighted by Gasteiger charge is -2.30. The molecule has 1 heterocycles. The lowest BCUT2D eigenvalue weighted by molar-refractivity contribution is -0.127. The van der Waals surface area contributed by atoms with Gasteiger partial charge in [-0.3, -0.25) is 9.69 Å². The number of aliphatic hydroxyl groups is 2. The summed E-state index contributed by atoms with van der Waals surface area (Å²) in [5.41, 5.74) is 2.72. The molecule has 1 aliphatic carbocycles. The maximum atomic E-state index is 14.2. The van der Waals surface area contributed by atoms with Crippen LogP contribution in [-0.4, -0.2) is 117 Å². The Balaban J connectivity index is 1.30. The van der Waals surface area contributed by atoms with Crippen LogP contribution in [0.15, 0.2) is 78.9 Å². The average molecular weight is 748 g/mol. The highest BCUT2D eigenvalue weighted by Crippen LogP contribution is 2.32. The molecule has 4 N–H and O–H groups in total. The average Bonchev–Trinajstić information content (AvgIpc) is 3.48. The highest BCUT2D eigenvalue weighted by molar-refractivity contribution is 5.80. The summed E-state index contributed by atoms with van der Waals surface area (Å²) in [6.45, 7) is 9.06. The number of alkyl carbamates (subject to hydrolysis) is 1. The second-order valence-corrected chi connectivity index (χ2v) is 14.7. The van der Waals surface area contributed by atoms with E-state index in [1.54, 1.807) is 21.0 Å².